The van der Waals surface area contributed by atoms with E-state index in [9.17, 15) is 0 Å². The summed E-state index contributed by atoms with van der Waals surface area (Å²) in [6, 6.07) is 3.80. The smallest absolute Gasteiger partial charge is 0.137 e. The van der Waals surface area contributed by atoms with Crippen molar-refractivity contribution >= 4 is 11.6 Å². The molecule has 17 heavy (non-hydrogen) atoms. The molecule has 4 heteroatoms. The quantitative estimate of drug-likeness (QED) is 0.578. The molecule has 0 aromatic carbocycles. The van der Waals surface area contributed by atoms with E-state index in [-0.39, 0.29) is 0 Å². The summed E-state index contributed by atoms with van der Waals surface area (Å²) in [5.74, 6) is 1.26. The molecule has 1 aromatic rings. The summed E-state index contributed by atoms with van der Waals surface area (Å²) in [5, 5.41) is 0. The summed E-state index contributed by atoms with van der Waals surface area (Å²) < 4.78 is 11.2. The first-order chi connectivity index (χ1) is 8.38. The molecule has 3 nitrogen and oxygen atoms in total. The summed E-state index contributed by atoms with van der Waals surface area (Å²) >= 11 is 5.66. The summed E-state index contributed by atoms with van der Waals surface area (Å²) in [4.78, 5) is 4.17. The van der Waals surface area contributed by atoms with Gasteiger partial charge in [-0.15, -0.1) is 11.6 Å². The predicted molar refractivity (Wildman–Crippen MR) is 67.5 cm³/mol. The van der Waals surface area contributed by atoms with Crippen molar-refractivity contribution in [2.45, 2.75) is 37.7 Å². The van der Waals surface area contributed by atoms with Gasteiger partial charge < -0.3 is 9.47 Å². The summed E-state index contributed by atoms with van der Waals surface area (Å²) in [7, 11) is 0. The van der Waals surface area contributed by atoms with Crippen LogP contribution in [-0.4, -0.2) is 24.3 Å². The molecular weight excluding hydrogens is 238 g/mol. The van der Waals surface area contributed by atoms with Crippen LogP contribution in [0.15, 0.2) is 18.3 Å². The van der Waals surface area contributed by atoms with Crippen molar-refractivity contribution < 1.29 is 9.47 Å². The molecule has 0 saturated carbocycles. The third-order valence-electron chi connectivity index (χ3n) is 2.90. The lowest BCUT2D eigenvalue weighted by atomic mass is 10.1. The van der Waals surface area contributed by atoms with Crippen molar-refractivity contribution in [3.8, 4) is 5.75 Å². The van der Waals surface area contributed by atoms with E-state index in [1.165, 1.54) is 12.8 Å². The topological polar surface area (TPSA) is 31.4 Å². The van der Waals surface area contributed by atoms with E-state index in [4.69, 9.17) is 21.1 Å². The zero-order chi connectivity index (χ0) is 11.9. The first-order valence-electron chi connectivity index (χ1n) is 6.14. The molecule has 94 valence electrons. The highest BCUT2D eigenvalue weighted by atomic mass is 35.5. The van der Waals surface area contributed by atoms with Gasteiger partial charge in [0.2, 0.25) is 0 Å². The number of halogens is 1. The van der Waals surface area contributed by atoms with Crippen molar-refractivity contribution in [1.82, 2.24) is 4.98 Å². The number of hydrogen-bond donors (Lipinski definition) is 0. The second-order valence-corrected chi connectivity index (χ2v) is 4.51. The predicted octanol–water partition coefficient (Wildman–Crippen LogP) is 3.16. The molecule has 0 bridgehead atoms. The first-order valence-corrected chi connectivity index (χ1v) is 6.67. The van der Waals surface area contributed by atoms with Gasteiger partial charge in [-0.25, -0.2) is 0 Å². The fourth-order valence-corrected chi connectivity index (χ4v) is 2.11. The maximum atomic E-state index is 5.66. The van der Waals surface area contributed by atoms with Crippen LogP contribution in [0.4, 0.5) is 0 Å². The zero-order valence-corrected chi connectivity index (χ0v) is 10.7. The van der Waals surface area contributed by atoms with Crippen LogP contribution in [0.2, 0.25) is 0 Å². The van der Waals surface area contributed by atoms with Gasteiger partial charge in [-0.1, -0.05) is 0 Å². The van der Waals surface area contributed by atoms with Crippen molar-refractivity contribution in [3.05, 3.63) is 24.0 Å². The van der Waals surface area contributed by atoms with Gasteiger partial charge in [0.15, 0.2) is 0 Å². The number of pyridine rings is 1. The number of ether oxygens (including phenoxy) is 2. The van der Waals surface area contributed by atoms with Gasteiger partial charge in [0.1, 0.15) is 5.75 Å². The lowest BCUT2D eigenvalue weighted by Crippen LogP contribution is -2.07. The second kappa shape index (κ2) is 6.82. The van der Waals surface area contributed by atoms with Gasteiger partial charge in [0, 0.05) is 6.61 Å². The van der Waals surface area contributed by atoms with Gasteiger partial charge >= 0.3 is 0 Å². The molecule has 0 N–H and O–H groups in total. The molecule has 1 unspecified atom stereocenters. The van der Waals surface area contributed by atoms with E-state index in [1.54, 1.807) is 6.20 Å². The molecule has 1 aliphatic heterocycles. The molecule has 1 saturated heterocycles. The van der Waals surface area contributed by atoms with Crippen molar-refractivity contribution in [2.75, 3.05) is 13.2 Å². The molecule has 2 rings (SSSR count). The molecule has 2 heterocycles. The van der Waals surface area contributed by atoms with E-state index >= 15 is 0 Å². The maximum Gasteiger partial charge on any atom is 0.137 e. The standard InChI is InChI=1S/C13H18ClNO2/c14-9-11-5-6-13(10-15-11)17-8-2-4-12-3-1-7-16-12/h5-6,10,12H,1-4,7-9H2. The summed E-state index contributed by atoms with van der Waals surface area (Å²) in [6.45, 7) is 1.65. The van der Waals surface area contributed by atoms with E-state index in [0.717, 1.165) is 37.5 Å². The molecular formula is C13H18ClNO2. The average Bonchev–Trinajstić information content (AvgIpc) is 2.88. The highest BCUT2D eigenvalue weighted by molar-refractivity contribution is 6.16. The zero-order valence-electron chi connectivity index (χ0n) is 9.90. The van der Waals surface area contributed by atoms with Gasteiger partial charge in [-0.3, -0.25) is 4.98 Å². The highest BCUT2D eigenvalue weighted by Crippen LogP contribution is 2.17. The van der Waals surface area contributed by atoms with Crippen molar-refractivity contribution in [3.63, 3.8) is 0 Å². The Bertz CT molecular complexity index is 323. The lowest BCUT2D eigenvalue weighted by molar-refractivity contribution is 0.0981. The maximum absolute atomic E-state index is 5.66. The highest BCUT2D eigenvalue weighted by Gasteiger charge is 2.14. The molecule has 0 amide bonds. The fraction of sp³-hybridized carbons (Fsp3) is 0.615. The number of hydrogen-bond acceptors (Lipinski definition) is 3. The minimum absolute atomic E-state index is 0.444. The molecule has 1 atom stereocenters. The van der Waals surface area contributed by atoms with Crippen molar-refractivity contribution in [1.29, 1.82) is 0 Å². The Balaban J connectivity index is 1.63. The Hall–Kier alpha value is -0.800. The van der Waals surface area contributed by atoms with Gasteiger partial charge in [-0.2, -0.15) is 0 Å². The van der Waals surface area contributed by atoms with Gasteiger partial charge in [-0.05, 0) is 37.8 Å². The first kappa shape index (κ1) is 12.7. The Morgan fingerprint density at radius 1 is 1.47 bits per heavy atom. The molecule has 0 aliphatic carbocycles. The number of aromatic nitrogens is 1. The number of rotatable bonds is 6. The normalized spacial score (nSPS) is 19.5. The largest absolute Gasteiger partial charge is 0.492 e. The fourth-order valence-electron chi connectivity index (χ4n) is 1.95. The van der Waals surface area contributed by atoms with Crippen LogP contribution in [0.1, 0.15) is 31.4 Å². The van der Waals surface area contributed by atoms with Crippen LogP contribution in [-0.2, 0) is 10.6 Å². The second-order valence-electron chi connectivity index (χ2n) is 4.24. The van der Waals surface area contributed by atoms with Gasteiger partial charge in [0.05, 0.1) is 30.5 Å². The Morgan fingerprint density at radius 3 is 3.06 bits per heavy atom. The van der Waals surface area contributed by atoms with Crippen LogP contribution in [0.5, 0.6) is 5.75 Å². The average molecular weight is 256 g/mol. The monoisotopic (exact) mass is 255 g/mol. The number of alkyl halides is 1. The van der Waals surface area contributed by atoms with Crippen LogP contribution in [0, 0.1) is 0 Å². The van der Waals surface area contributed by atoms with E-state index in [0.29, 0.717) is 12.0 Å². The van der Waals surface area contributed by atoms with Crippen LogP contribution < -0.4 is 4.74 Å². The minimum atomic E-state index is 0.444. The third kappa shape index (κ3) is 4.17. The molecule has 0 radical (unpaired) electrons. The van der Waals surface area contributed by atoms with Crippen LogP contribution >= 0.6 is 11.6 Å². The van der Waals surface area contributed by atoms with Crippen LogP contribution in [0.3, 0.4) is 0 Å². The summed E-state index contributed by atoms with van der Waals surface area (Å²) in [6.07, 6.45) is 6.70. The number of nitrogens with zero attached hydrogens (tertiary/aromatic N) is 1. The lowest BCUT2D eigenvalue weighted by Gasteiger charge is -2.09. The van der Waals surface area contributed by atoms with E-state index < -0.39 is 0 Å². The molecule has 1 aromatic heterocycles. The molecule has 1 fully saturated rings. The van der Waals surface area contributed by atoms with Gasteiger partial charge in [0.25, 0.3) is 0 Å². The van der Waals surface area contributed by atoms with Crippen molar-refractivity contribution in [2.24, 2.45) is 0 Å². The molecule has 0 spiro atoms. The van der Waals surface area contributed by atoms with E-state index in [1.807, 2.05) is 12.1 Å². The summed E-state index contributed by atoms with van der Waals surface area (Å²) in [5.41, 5.74) is 0.873. The molecule has 1 aliphatic rings. The Labute approximate surface area is 107 Å². The third-order valence-corrected chi connectivity index (χ3v) is 3.17. The van der Waals surface area contributed by atoms with Crippen LogP contribution in [0.25, 0.3) is 0 Å². The minimum Gasteiger partial charge on any atom is -0.492 e. The Kier molecular flexibility index (Phi) is 5.08. The Morgan fingerprint density at radius 2 is 2.41 bits per heavy atom. The SMILES string of the molecule is ClCc1ccc(OCCCC2CCCO2)cn1. The van der Waals surface area contributed by atoms with E-state index in [2.05, 4.69) is 4.98 Å².